The van der Waals surface area contributed by atoms with Gasteiger partial charge in [-0.3, -0.25) is 4.79 Å². The van der Waals surface area contributed by atoms with Crippen LogP contribution in [0, 0.1) is 5.92 Å². The van der Waals surface area contributed by atoms with Crippen LogP contribution in [0.25, 0.3) is 0 Å². The number of likely N-dealkylation sites (tertiary alicyclic amines) is 1. The van der Waals surface area contributed by atoms with Gasteiger partial charge in [0.05, 0.1) is 6.26 Å². The van der Waals surface area contributed by atoms with Crippen LogP contribution in [0.3, 0.4) is 0 Å². The SMILES string of the molecule is CC1CCCN(C(=O)c2ccco2)C1CN. The highest BCUT2D eigenvalue weighted by atomic mass is 16.3. The summed E-state index contributed by atoms with van der Waals surface area (Å²) in [7, 11) is 0. The summed E-state index contributed by atoms with van der Waals surface area (Å²) < 4.78 is 5.14. The molecule has 0 aromatic carbocycles. The van der Waals surface area contributed by atoms with E-state index in [0.717, 1.165) is 19.4 Å². The molecule has 2 N–H and O–H groups in total. The minimum atomic E-state index is -0.0352. The Balaban J connectivity index is 2.15. The summed E-state index contributed by atoms with van der Waals surface area (Å²) in [6.45, 7) is 3.46. The molecule has 1 aliphatic rings. The molecule has 2 atom stereocenters. The standard InChI is InChI=1S/C12H18N2O2/c1-9-4-2-6-14(10(9)8-13)12(15)11-5-3-7-16-11/h3,5,7,9-10H,2,4,6,8,13H2,1H3. The van der Waals surface area contributed by atoms with Crippen molar-refractivity contribution in [2.75, 3.05) is 13.1 Å². The van der Waals surface area contributed by atoms with Crippen LogP contribution in [0.1, 0.15) is 30.3 Å². The minimum absolute atomic E-state index is 0.0352. The van der Waals surface area contributed by atoms with E-state index in [1.807, 2.05) is 4.90 Å². The van der Waals surface area contributed by atoms with Crippen LogP contribution in [0.15, 0.2) is 22.8 Å². The number of amides is 1. The molecule has 16 heavy (non-hydrogen) atoms. The maximum Gasteiger partial charge on any atom is 0.289 e. The van der Waals surface area contributed by atoms with Gasteiger partial charge in [0.2, 0.25) is 0 Å². The molecule has 1 fully saturated rings. The number of hydrogen-bond acceptors (Lipinski definition) is 3. The van der Waals surface area contributed by atoms with Gasteiger partial charge in [0.15, 0.2) is 5.76 Å². The van der Waals surface area contributed by atoms with Crippen molar-refractivity contribution in [2.45, 2.75) is 25.8 Å². The summed E-state index contributed by atoms with van der Waals surface area (Å²) in [4.78, 5) is 14.0. The van der Waals surface area contributed by atoms with E-state index in [4.69, 9.17) is 10.2 Å². The lowest BCUT2D eigenvalue weighted by atomic mass is 9.90. The van der Waals surface area contributed by atoms with Gasteiger partial charge >= 0.3 is 0 Å². The molecule has 4 nitrogen and oxygen atoms in total. The summed E-state index contributed by atoms with van der Waals surface area (Å²) >= 11 is 0. The molecule has 4 heteroatoms. The fourth-order valence-corrected chi connectivity index (χ4v) is 2.40. The zero-order valence-corrected chi connectivity index (χ0v) is 9.56. The molecule has 2 heterocycles. The molecular weight excluding hydrogens is 204 g/mol. The van der Waals surface area contributed by atoms with Crippen molar-refractivity contribution in [1.29, 1.82) is 0 Å². The Kier molecular flexibility index (Phi) is 3.29. The second-order valence-electron chi connectivity index (χ2n) is 4.40. The van der Waals surface area contributed by atoms with Gasteiger partial charge in [-0.15, -0.1) is 0 Å². The smallest absolute Gasteiger partial charge is 0.289 e. The number of piperidine rings is 1. The third-order valence-electron chi connectivity index (χ3n) is 3.35. The number of carbonyl (C=O) groups is 1. The van der Waals surface area contributed by atoms with Crippen molar-refractivity contribution in [3.8, 4) is 0 Å². The van der Waals surface area contributed by atoms with E-state index in [9.17, 15) is 4.79 Å². The molecule has 0 saturated carbocycles. The monoisotopic (exact) mass is 222 g/mol. The third-order valence-corrected chi connectivity index (χ3v) is 3.35. The number of rotatable bonds is 2. The fourth-order valence-electron chi connectivity index (χ4n) is 2.40. The van der Waals surface area contributed by atoms with E-state index in [-0.39, 0.29) is 11.9 Å². The molecule has 2 rings (SSSR count). The van der Waals surface area contributed by atoms with Crippen molar-refractivity contribution in [3.63, 3.8) is 0 Å². The highest BCUT2D eigenvalue weighted by molar-refractivity contribution is 5.91. The van der Waals surface area contributed by atoms with E-state index in [2.05, 4.69) is 6.92 Å². The zero-order chi connectivity index (χ0) is 11.5. The molecule has 1 saturated heterocycles. The van der Waals surface area contributed by atoms with Crippen LogP contribution in [-0.4, -0.2) is 29.9 Å². The van der Waals surface area contributed by atoms with Crippen molar-refractivity contribution in [3.05, 3.63) is 24.2 Å². The van der Waals surface area contributed by atoms with E-state index in [1.54, 1.807) is 12.1 Å². The van der Waals surface area contributed by atoms with E-state index in [0.29, 0.717) is 18.2 Å². The van der Waals surface area contributed by atoms with Crippen molar-refractivity contribution >= 4 is 5.91 Å². The predicted molar refractivity (Wildman–Crippen MR) is 61.0 cm³/mol. The first-order chi connectivity index (χ1) is 7.74. The van der Waals surface area contributed by atoms with Gasteiger partial charge in [-0.2, -0.15) is 0 Å². The van der Waals surface area contributed by atoms with Crippen LogP contribution in [0.5, 0.6) is 0 Å². The van der Waals surface area contributed by atoms with Crippen LogP contribution >= 0.6 is 0 Å². The molecule has 2 unspecified atom stereocenters. The Hall–Kier alpha value is -1.29. The van der Waals surface area contributed by atoms with Gasteiger partial charge in [0.25, 0.3) is 5.91 Å². The average molecular weight is 222 g/mol. The van der Waals surface area contributed by atoms with Gasteiger partial charge in [0, 0.05) is 19.1 Å². The fraction of sp³-hybridized carbons (Fsp3) is 0.583. The van der Waals surface area contributed by atoms with Crippen molar-refractivity contribution < 1.29 is 9.21 Å². The summed E-state index contributed by atoms with van der Waals surface area (Å²) in [5, 5.41) is 0. The molecule has 0 aliphatic carbocycles. The lowest BCUT2D eigenvalue weighted by Crippen LogP contribution is -2.51. The minimum Gasteiger partial charge on any atom is -0.459 e. The largest absolute Gasteiger partial charge is 0.459 e. The first-order valence-electron chi connectivity index (χ1n) is 5.78. The lowest BCUT2D eigenvalue weighted by Gasteiger charge is -2.38. The summed E-state index contributed by atoms with van der Waals surface area (Å²) in [5.41, 5.74) is 5.75. The maximum atomic E-state index is 12.2. The Morgan fingerprint density at radius 2 is 2.50 bits per heavy atom. The molecule has 1 aromatic heterocycles. The van der Waals surface area contributed by atoms with E-state index in [1.165, 1.54) is 6.26 Å². The number of nitrogens with zero attached hydrogens (tertiary/aromatic N) is 1. The highest BCUT2D eigenvalue weighted by Gasteiger charge is 2.32. The second kappa shape index (κ2) is 4.70. The second-order valence-corrected chi connectivity index (χ2v) is 4.40. The normalized spacial score (nSPS) is 25.8. The van der Waals surface area contributed by atoms with Crippen LogP contribution in [0.4, 0.5) is 0 Å². The van der Waals surface area contributed by atoms with Crippen LogP contribution in [-0.2, 0) is 0 Å². The molecule has 0 spiro atoms. The highest BCUT2D eigenvalue weighted by Crippen LogP contribution is 2.24. The molecular formula is C12H18N2O2. The Morgan fingerprint density at radius 3 is 3.12 bits per heavy atom. The lowest BCUT2D eigenvalue weighted by molar-refractivity contribution is 0.0501. The third kappa shape index (κ3) is 1.97. The van der Waals surface area contributed by atoms with Crippen LogP contribution < -0.4 is 5.73 Å². The molecule has 1 aromatic rings. The zero-order valence-electron chi connectivity index (χ0n) is 9.56. The Morgan fingerprint density at radius 1 is 1.69 bits per heavy atom. The Bertz CT molecular complexity index is 348. The van der Waals surface area contributed by atoms with Gasteiger partial charge in [-0.25, -0.2) is 0 Å². The van der Waals surface area contributed by atoms with Gasteiger partial charge in [0.1, 0.15) is 0 Å². The quantitative estimate of drug-likeness (QED) is 0.824. The first kappa shape index (κ1) is 11.2. The number of nitrogens with two attached hydrogens (primary N) is 1. The average Bonchev–Trinajstić information content (AvgIpc) is 2.81. The van der Waals surface area contributed by atoms with Gasteiger partial charge < -0.3 is 15.1 Å². The maximum absolute atomic E-state index is 12.2. The number of hydrogen-bond donors (Lipinski definition) is 1. The summed E-state index contributed by atoms with van der Waals surface area (Å²) in [6.07, 6.45) is 3.71. The molecule has 88 valence electrons. The van der Waals surface area contributed by atoms with E-state index < -0.39 is 0 Å². The molecule has 1 amide bonds. The van der Waals surface area contributed by atoms with Gasteiger partial charge in [-0.1, -0.05) is 6.92 Å². The van der Waals surface area contributed by atoms with Crippen LogP contribution in [0.2, 0.25) is 0 Å². The topological polar surface area (TPSA) is 59.5 Å². The summed E-state index contributed by atoms with van der Waals surface area (Å²) in [6, 6.07) is 3.58. The summed E-state index contributed by atoms with van der Waals surface area (Å²) in [5.74, 6) is 0.845. The van der Waals surface area contributed by atoms with Crippen molar-refractivity contribution in [1.82, 2.24) is 4.90 Å². The van der Waals surface area contributed by atoms with E-state index >= 15 is 0 Å². The van der Waals surface area contributed by atoms with Gasteiger partial charge in [-0.05, 0) is 30.9 Å². The Labute approximate surface area is 95.4 Å². The van der Waals surface area contributed by atoms with Crippen molar-refractivity contribution in [2.24, 2.45) is 11.7 Å². The first-order valence-corrected chi connectivity index (χ1v) is 5.78. The molecule has 0 radical (unpaired) electrons. The number of furan rings is 1. The molecule has 0 bridgehead atoms. The number of carbonyl (C=O) groups excluding carboxylic acids is 1. The predicted octanol–water partition coefficient (Wildman–Crippen LogP) is 1.48. The molecule has 1 aliphatic heterocycles.